The SMILES string of the molecule is Cc1nc(C(=O)Nc2ccc(Br)c(C)n2)n[nH]1. The van der Waals surface area contributed by atoms with Crippen molar-refractivity contribution in [1.29, 1.82) is 0 Å². The van der Waals surface area contributed by atoms with Crippen LogP contribution in [-0.2, 0) is 0 Å². The molecule has 0 bridgehead atoms. The minimum absolute atomic E-state index is 0.102. The van der Waals surface area contributed by atoms with Crippen molar-refractivity contribution in [2.75, 3.05) is 5.32 Å². The molecule has 6 nitrogen and oxygen atoms in total. The monoisotopic (exact) mass is 295 g/mol. The minimum atomic E-state index is -0.386. The molecule has 2 N–H and O–H groups in total. The lowest BCUT2D eigenvalue weighted by atomic mass is 10.3. The van der Waals surface area contributed by atoms with Crippen LogP contribution >= 0.6 is 15.9 Å². The summed E-state index contributed by atoms with van der Waals surface area (Å²) in [6.07, 6.45) is 0. The van der Waals surface area contributed by atoms with Crippen LogP contribution in [0.15, 0.2) is 16.6 Å². The van der Waals surface area contributed by atoms with Crippen molar-refractivity contribution in [3.05, 3.63) is 33.9 Å². The van der Waals surface area contributed by atoms with E-state index in [0.717, 1.165) is 10.2 Å². The normalized spacial score (nSPS) is 10.3. The summed E-state index contributed by atoms with van der Waals surface area (Å²) in [6, 6.07) is 3.52. The van der Waals surface area contributed by atoms with Crippen LogP contribution in [0.1, 0.15) is 22.1 Å². The van der Waals surface area contributed by atoms with Gasteiger partial charge in [-0.3, -0.25) is 9.89 Å². The third kappa shape index (κ3) is 2.68. The highest BCUT2D eigenvalue weighted by molar-refractivity contribution is 9.10. The molecule has 0 spiro atoms. The van der Waals surface area contributed by atoms with E-state index in [2.05, 4.69) is 41.4 Å². The number of amides is 1. The van der Waals surface area contributed by atoms with Crippen LogP contribution in [0.2, 0.25) is 0 Å². The third-order valence-corrected chi connectivity index (χ3v) is 2.90. The maximum atomic E-state index is 11.7. The Bertz CT molecular complexity index is 566. The largest absolute Gasteiger partial charge is 0.304 e. The Labute approximate surface area is 106 Å². The van der Waals surface area contributed by atoms with E-state index in [1.54, 1.807) is 13.0 Å². The van der Waals surface area contributed by atoms with Gasteiger partial charge in [-0.15, -0.1) is 5.10 Å². The lowest BCUT2D eigenvalue weighted by molar-refractivity contribution is 0.101. The zero-order chi connectivity index (χ0) is 12.4. The molecule has 0 radical (unpaired) electrons. The number of anilines is 1. The molecule has 0 unspecified atom stereocenters. The molecule has 17 heavy (non-hydrogen) atoms. The molecule has 0 aliphatic heterocycles. The average molecular weight is 296 g/mol. The van der Waals surface area contributed by atoms with Crippen LogP contribution in [0, 0.1) is 13.8 Å². The van der Waals surface area contributed by atoms with Crippen molar-refractivity contribution in [3.8, 4) is 0 Å². The zero-order valence-corrected chi connectivity index (χ0v) is 10.9. The van der Waals surface area contributed by atoms with Crippen molar-refractivity contribution in [2.24, 2.45) is 0 Å². The number of H-pyrrole nitrogens is 1. The number of aromatic amines is 1. The first kappa shape index (κ1) is 11.7. The number of aryl methyl sites for hydroxylation is 2. The van der Waals surface area contributed by atoms with E-state index in [0.29, 0.717) is 11.6 Å². The molecule has 0 aliphatic rings. The Morgan fingerprint density at radius 2 is 2.12 bits per heavy atom. The number of nitrogens with one attached hydrogen (secondary N) is 2. The molecule has 7 heteroatoms. The first-order valence-electron chi connectivity index (χ1n) is 4.90. The van der Waals surface area contributed by atoms with Gasteiger partial charge in [-0.25, -0.2) is 9.97 Å². The average Bonchev–Trinajstić information content (AvgIpc) is 2.70. The Kier molecular flexibility index (Phi) is 3.19. The van der Waals surface area contributed by atoms with E-state index in [1.807, 2.05) is 13.0 Å². The number of carbonyl (C=O) groups is 1. The Balaban J connectivity index is 2.15. The van der Waals surface area contributed by atoms with Gasteiger partial charge in [0.1, 0.15) is 11.6 Å². The fourth-order valence-electron chi connectivity index (χ4n) is 1.23. The summed E-state index contributed by atoms with van der Waals surface area (Å²) in [5.74, 6) is 0.779. The third-order valence-electron chi connectivity index (χ3n) is 2.06. The fraction of sp³-hybridized carbons (Fsp3) is 0.200. The highest BCUT2D eigenvalue weighted by Gasteiger charge is 2.12. The van der Waals surface area contributed by atoms with Crippen LogP contribution in [0.5, 0.6) is 0 Å². The van der Waals surface area contributed by atoms with Crippen molar-refractivity contribution in [3.63, 3.8) is 0 Å². The van der Waals surface area contributed by atoms with Crippen molar-refractivity contribution in [2.45, 2.75) is 13.8 Å². The maximum Gasteiger partial charge on any atom is 0.296 e. The first-order chi connectivity index (χ1) is 8.06. The quantitative estimate of drug-likeness (QED) is 0.885. The van der Waals surface area contributed by atoms with Gasteiger partial charge < -0.3 is 5.32 Å². The number of nitrogens with zero attached hydrogens (tertiary/aromatic N) is 3. The molecule has 0 saturated heterocycles. The molecular weight excluding hydrogens is 286 g/mol. The second-order valence-corrected chi connectivity index (χ2v) is 4.32. The summed E-state index contributed by atoms with van der Waals surface area (Å²) in [4.78, 5) is 19.8. The summed E-state index contributed by atoms with van der Waals surface area (Å²) < 4.78 is 0.893. The predicted octanol–water partition coefficient (Wildman–Crippen LogP) is 1.83. The second kappa shape index (κ2) is 4.62. The van der Waals surface area contributed by atoms with E-state index in [1.165, 1.54) is 0 Å². The smallest absolute Gasteiger partial charge is 0.296 e. The molecule has 1 amide bonds. The summed E-state index contributed by atoms with van der Waals surface area (Å²) >= 11 is 3.34. The van der Waals surface area contributed by atoms with Gasteiger partial charge in [0, 0.05) is 4.47 Å². The van der Waals surface area contributed by atoms with Gasteiger partial charge >= 0.3 is 0 Å². The predicted molar refractivity (Wildman–Crippen MR) is 65.7 cm³/mol. The Morgan fingerprint density at radius 1 is 1.35 bits per heavy atom. The number of hydrogen-bond donors (Lipinski definition) is 2. The molecule has 2 rings (SSSR count). The number of carbonyl (C=O) groups excluding carboxylic acids is 1. The van der Waals surface area contributed by atoms with Gasteiger partial charge in [0.15, 0.2) is 0 Å². The van der Waals surface area contributed by atoms with Gasteiger partial charge in [-0.05, 0) is 41.9 Å². The second-order valence-electron chi connectivity index (χ2n) is 3.46. The molecule has 2 aromatic rings. The Morgan fingerprint density at radius 3 is 2.71 bits per heavy atom. The zero-order valence-electron chi connectivity index (χ0n) is 9.28. The van der Waals surface area contributed by atoms with Crippen LogP contribution in [0.25, 0.3) is 0 Å². The van der Waals surface area contributed by atoms with Gasteiger partial charge in [0.05, 0.1) is 5.69 Å². The maximum absolute atomic E-state index is 11.7. The standard InChI is InChI=1S/C10H10BrN5O/c1-5-7(11)3-4-8(12-5)14-10(17)9-13-6(2)15-16-9/h3-4H,1-2H3,(H,12,14,17)(H,13,15,16). The van der Waals surface area contributed by atoms with Crippen molar-refractivity contribution >= 4 is 27.7 Å². The lowest BCUT2D eigenvalue weighted by Crippen LogP contribution is -2.15. The summed E-state index contributed by atoms with van der Waals surface area (Å²) in [6.45, 7) is 3.57. The molecular formula is C10H10BrN5O. The summed E-state index contributed by atoms with van der Waals surface area (Å²) in [5, 5.41) is 9.00. The number of halogens is 1. The van der Waals surface area contributed by atoms with Gasteiger partial charge in [-0.1, -0.05) is 0 Å². The van der Waals surface area contributed by atoms with E-state index in [-0.39, 0.29) is 11.7 Å². The van der Waals surface area contributed by atoms with E-state index in [9.17, 15) is 4.79 Å². The first-order valence-corrected chi connectivity index (χ1v) is 5.69. The fourth-order valence-corrected chi connectivity index (χ4v) is 1.45. The number of rotatable bonds is 2. The van der Waals surface area contributed by atoms with E-state index in [4.69, 9.17) is 0 Å². The van der Waals surface area contributed by atoms with Crippen LogP contribution in [-0.4, -0.2) is 26.1 Å². The Hall–Kier alpha value is -1.76. The highest BCUT2D eigenvalue weighted by Crippen LogP contribution is 2.16. The number of aromatic nitrogens is 4. The molecule has 2 aromatic heterocycles. The van der Waals surface area contributed by atoms with Gasteiger partial charge in [0.2, 0.25) is 5.82 Å². The number of pyridine rings is 1. The molecule has 0 aliphatic carbocycles. The minimum Gasteiger partial charge on any atom is -0.304 e. The van der Waals surface area contributed by atoms with Crippen LogP contribution in [0.3, 0.4) is 0 Å². The summed E-state index contributed by atoms with van der Waals surface area (Å²) in [7, 11) is 0. The van der Waals surface area contributed by atoms with E-state index < -0.39 is 0 Å². The highest BCUT2D eigenvalue weighted by atomic mass is 79.9. The molecule has 2 heterocycles. The van der Waals surface area contributed by atoms with Crippen molar-refractivity contribution in [1.82, 2.24) is 20.2 Å². The molecule has 88 valence electrons. The van der Waals surface area contributed by atoms with Crippen LogP contribution < -0.4 is 5.32 Å². The van der Waals surface area contributed by atoms with Gasteiger partial charge in [0.25, 0.3) is 5.91 Å². The van der Waals surface area contributed by atoms with E-state index >= 15 is 0 Å². The van der Waals surface area contributed by atoms with Crippen molar-refractivity contribution < 1.29 is 4.79 Å². The topological polar surface area (TPSA) is 83.6 Å². The molecule has 0 aromatic carbocycles. The molecule has 0 fully saturated rings. The summed E-state index contributed by atoms with van der Waals surface area (Å²) in [5.41, 5.74) is 0.800. The number of hydrogen-bond acceptors (Lipinski definition) is 4. The lowest BCUT2D eigenvalue weighted by Gasteiger charge is -2.03. The molecule has 0 saturated carbocycles. The van der Waals surface area contributed by atoms with Gasteiger partial charge in [-0.2, -0.15) is 0 Å². The van der Waals surface area contributed by atoms with Crippen LogP contribution in [0.4, 0.5) is 5.82 Å². The molecule has 0 atom stereocenters.